The van der Waals surface area contributed by atoms with Crippen LogP contribution in [0, 0.1) is 11.8 Å². The summed E-state index contributed by atoms with van der Waals surface area (Å²) in [5.74, 6) is 1.28. The Balaban J connectivity index is 0.000000136. The summed E-state index contributed by atoms with van der Waals surface area (Å²) in [6, 6.07) is 50.3. The normalized spacial score (nSPS) is 35.2. The first-order chi connectivity index (χ1) is 40.1. The van der Waals surface area contributed by atoms with Crippen LogP contribution in [0.2, 0.25) is 0 Å². The van der Waals surface area contributed by atoms with Gasteiger partial charge in [0, 0.05) is 70.6 Å². The predicted octanol–water partition coefficient (Wildman–Crippen LogP) is 12.3. The molecule has 0 aromatic heterocycles. The van der Waals surface area contributed by atoms with Crippen molar-refractivity contribution in [2.75, 3.05) is 75.8 Å². The van der Waals surface area contributed by atoms with Crippen LogP contribution in [-0.4, -0.2) is 111 Å². The van der Waals surface area contributed by atoms with E-state index in [1.807, 2.05) is 15.9 Å². The van der Waals surface area contributed by atoms with Crippen LogP contribution in [0.1, 0.15) is 127 Å². The zero-order valence-electron chi connectivity index (χ0n) is 47.9. The number of anilines is 4. The van der Waals surface area contributed by atoms with Crippen molar-refractivity contribution in [1.29, 1.82) is 0 Å². The summed E-state index contributed by atoms with van der Waals surface area (Å²) >= 11 is 0. The number of nitrogens with zero attached hydrogens (tertiary/aromatic N) is 4. The minimum atomic E-state index is -0.473. The third kappa shape index (κ3) is 6.05. The minimum Gasteiger partial charge on any atom is -0.453 e. The van der Waals surface area contributed by atoms with E-state index in [1.54, 1.807) is 16.7 Å². The first-order valence-corrected chi connectivity index (χ1v) is 30.9. The van der Waals surface area contributed by atoms with Crippen LogP contribution in [0.25, 0.3) is 0 Å². The molecular formula is C71H80N8O4. The van der Waals surface area contributed by atoms with Gasteiger partial charge in [-0.1, -0.05) is 142 Å². The lowest BCUT2D eigenvalue weighted by Gasteiger charge is -2.49. The van der Waals surface area contributed by atoms with Crippen LogP contribution in [0.15, 0.2) is 133 Å². The van der Waals surface area contributed by atoms with Gasteiger partial charge in [0.15, 0.2) is 0 Å². The summed E-state index contributed by atoms with van der Waals surface area (Å²) in [6.07, 6.45) is 13.5. The molecule has 0 radical (unpaired) electrons. The van der Waals surface area contributed by atoms with Crippen molar-refractivity contribution in [3.8, 4) is 0 Å². The third-order valence-corrected chi connectivity index (χ3v) is 24.6. The molecule has 4 aliphatic carbocycles. The van der Waals surface area contributed by atoms with Gasteiger partial charge in [-0.15, -0.1) is 0 Å². The summed E-state index contributed by atoms with van der Waals surface area (Å²) in [6.45, 7) is 3.52. The minimum absolute atomic E-state index is 0. The van der Waals surface area contributed by atoms with Crippen molar-refractivity contribution < 1.29 is 19.1 Å². The average Bonchev–Trinajstić information content (AvgIpc) is 1.62. The second-order valence-electron chi connectivity index (χ2n) is 26.8. The number of likely N-dealkylation sites (N-methyl/N-ethyl adjacent to an activating group) is 2. The Bertz CT molecular complexity index is 3680. The Morgan fingerprint density at radius 1 is 0.422 bits per heavy atom. The summed E-state index contributed by atoms with van der Waals surface area (Å²) < 4.78 is 10.7. The first kappa shape index (κ1) is 51.6. The third-order valence-electron chi connectivity index (χ3n) is 24.6. The number of amides is 2. The molecule has 83 heavy (non-hydrogen) atoms. The molecule has 0 spiro atoms. The molecule has 18 rings (SSSR count). The molecule has 2 saturated carbocycles. The second kappa shape index (κ2) is 18.0. The maximum atomic E-state index is 13.4. The maximum absolute atomic E-state index is 13.4. The number of hydrogen-bond donors (Lipinski definition) is 4. The van der Waals surface area contributed by atoms with Gasteiger partial charge in [-0.2, -0.15) is 0 Å². The number of benzene rings is 6. The van der Waals surface area contributed by atoms with Gasteiger partial charge in [0.2, 0.25) is 0 Å². The molecule has 0 bridgehead atoms. The zero-order valence-corrected chi connectivity index (χ0v) is 47.9. The van der Waals surface area contributed by atoms with Crippen molar-refractivity contribution in [1.82, 2.24) is 19.6 Å². The molecule has 2 amide bonds. The summed E-state index contributed by atoms with van der Waals surface area (Å²) in [7, 11) is 7.60. The largest absolute Gasteiger partial charge is 0.453 e. The zero-order chi connectivity index (χ0) is 55.1. The molecular weight excluding hydrogens is 1030 g/mol. The number of methoxy groups -OCH3 is 2. The highest BCUT2D eigenvalue weighted by Gasteiger charge is 2.73. The van der Waals surface area contributed by atoms with Gasteiger partial charge in [-0.05, 0) is 158 Å². The van der Waals surface area contributed by atoms with E-state index in [0.29, 0.717) is 31.3 Å². The van der Waals surface area contributed by atoms with Gasteiger partial charge in [0.25, 0.3) is 0 Å². The van der Waals surface area contributed by atoms with Crippen molar-refractivity contribution in [2.45, 2.75) is 142 Å². The number of para-hydroxylation sites is 4. The Kier molecular flexibility index (Phi) is 11.2. The number of hydrogen-bond acceptors (Lipinski definition) is 10. The molecule has 6 aromatic carbocycles. The fraction of sp³-hybridized carbons (Fsp3) is 0.465. The number of fused-ring (bicyclic) bond motifs is 20. The van der Waals surface area contributed by atoms with Crippen LogP contribution >= 0.6 is 0 Å². The highest BCUT2D eigenvalue weighted by atomic mass is 16.5. The molecule has 12 heteroatoms. The molecule has 12 atom stereocenters. The van der Waals surface area contributed by atoms with Crippen molar-refractivity contribution >= 4 is 34.9 Å². The van der Waals surface area contributed by atoms with Crippen LogP contribution in [0.4, 0.5) is 32.3 Å². The van der Waals surface area contributed by atoms with E-state index >= 15 is 0 Å². The van der Waals surface area contributed by atoms with E-state index in [2.05, 4.69) is 173 Å². The summed E-state index contributed by atoms with van der Waals surface area (Å²) in [4.78, 5) is 35.5. The van der Waals surface area contributed by atoms with Gasteiger partial charge in [0.1, 0.15) is 12.3 Å². The van der Waals surface area contributed by atoms with E-state index in [1.165, 1.54) is 116 Å². The van der Waals surface area contributed by atoms with E-state index in [4.69, 9.17) is 9.47 Å². The molecule has 6 fully saturated rings. The van der Waals surface area contributed by atoms with E-state index in [-0.39, 0.29) is 59.0 Å². The highest BCUT2D eigenvalue weighted by molar-refractivity contribution is 5.82. The molecule has 8 heterocycles. The highest BCUT2D eigenvalue weighted by Crippen LogP contribution is 2.72. The Morgan fingerprint density at radius 2 is 0.831 bits per heavy atom. The number of carbonyl (C=O) groups is 2. The quantitative estimate of drug-likeness (QED) is 0.136. The van der Waals surface area contributed by atoms with Crippen molar-refractivity contribution in [3.63, 3.8) is 0 Å². The average molecular weight is 1110 g/mol. The van der Waals surface area contributed by atoms with Crippen LogP contribution < -0.4 is 21.3 Å². The summed E-state index contributed by atoms with van der Waals surface area (Å²) in [5, 5.41) is 15.9. The molecule has 2 unspecified atom stereocenters. The SMILES string of the molecule is C.CN1CC[C@]2(c3cccc4c3N[C@@H]3N(C)CC[C@]43[C@@]34CCC[C@@H]3Cc3ccccc34)c3ccccc3NC12.COC(=O)N1CC[C@]2(c3cccc4c3N[C@@H]3N(C(=O)OC)CC[C@]43[C@@]34CCC[C@@H]3Cc3ccccc34)c3ccccc3NC12. The molecule has 8 aliphatic heterocycles. The van der Waals surface area contributed by atoms with Crippen LogP contribution in [0.3, 0.4) is 0 Å². The molecule has 12 nitrogen and oxygen atoms in total. The number of ether oxygens (including phenoxy) is 2. The summed E-state index contributed by atoms with van der Waals surface area (Å²) in [5.41, 5.74) is 18.9. The van der Waals surface area contributed by atoms with Crippen molar-refractivity contribution in [2.24, 2.45) is 11.8 Å². The molecule has 4 saturated heterocycles. The van der Waals surface area contributed by atoms with Gasteiger partial charge in [0.05, 0.1) is 37.4 Å². The number of rotatable bonds is 4. The lowest BCUT2D eigenvalue weighted by Crippen LogP contribution is -2.57. The van der Waals surface area contributed by atoms with Crippen LogP contribution in [-0.2, 0) is 54.8 Å². The number of nitrogens with one attached hydrogen (secondary N) is 4. The maximum Gasteiger partial charge on any atom is 0.411 e. The Hall–Kier alpha value is -7.02. The van der Waals surface area contributed by atoms with Gasteiger partial charge in [-0.25, -0.2) is 9.59 Å². The fourth-order valence-corrected chi connectivity index (χ4v) is 21.9. The second-order valence-corrected chi connectivity index (χ2v) is 26.8. The lowest BCUT2D eigenvalue weighted by molar-refractivity contribution is 0.0993. The first-order valence-electron chi connectivity index (χ1n) is 30.9. The predicted molar refractivity (Wildman–Crippen MR) is 327 cm³/mol. The lowest BCUT2D eigenvalue weighted by atomic mass is 9.53. The van der Waals surface area contributed by atoms with Gasteiger partial charge in [-0.3, -0.25) is 19.6 Å². The topological polar surface area (TPSA) is 114 Å². The smallest absolute Gasteiger partial charge is 0.411 e. The molecule has 4 N–H and O–H groups in total. The van der Waals surface area contributed by atoms with Crippen LogP contribution in [0.5, 0.6) is 0 Å². The van der Waals surface area contributed by atoms with Crippen molar-refractivity contribution in [3.05, 3.63) is 189 Å². The van der Waals surface area contributed by atoms with E-state index in [9.17, 15) is 9.59 Å². The Morgan fingerprint density at radius 3 is 1.41 bits per heavy atom. The monoisotopic (exact) mass is 1110 g/mol. The molecule has 428 valence electrons. The standard InChI is InChI=1S/C36H38N4O4.C34H38N4.CH4/c1-43-32(41)39-19-17-34(25-12-5-6-15-28(25)37-30(34)39)26-13-7-14-27-29(26)38-31-36(27,18-20-40(31)33(42)44-2)35-16-8-10-23(35)21-22-9-3-4-11-24(22)35;1-37-19-17-32(25-12-5-6-15-28(25)35-30(32)37)26-13-7-14-27-29(26)36-31-34(27,18-20-38(31)2)33-16-8-10-23(33)21-22-9-3-4-11-24(22)33;/h3-7,9,11-15,23,30-31,37-38H,8,10,16-21H2,1-2H3;3-7,9,11-15,23,30-31,35-36H,8,10,16-21H2,1-2H3;1H4/t23-,30?,31-,34-,35+,36+;23-,30?,31-,32-,33+,34+;/m11./s1. The number of likely N-dealkylation sites (tertiary alicyclic amines) is 4. The van der Waals surface area contributed by atoms with E-state index in [0.717, 1.165) is 55.9 Å². The van der Waals surface area contributed by atoms with E-state index < -0.39 is 5.41 Å². The van der Waals surface area contributed by atoms with Gasteiger partial charge < -0.3 is 30.7 Å². The fourth-order valence-electron chi connectivity index (χ4n) is 21.9. The molecule has 12 aliphatic rings. The number of carbonyl (C=O) groups excluding carboxylic acids is 2. The molecule has 6 aromatic rings. The van der Waals surface area contributed by atoms with Gasteiger partial charge >= 0.3 is 12.2 Å². The Labute approximate surface area is 489 Å².